The number of hydrogen-bond donors (Lipinski definition) is 2. The Morgan fingerprint density at radius 3 is 2.62 bits per heavy atom. The molecule has 1 aromatic rings. The Bertz CT molecular complexity index is 379. The lowest BCUT2D eigenvalue weighted by atomic mass is 10.0. The van der Waals surface area contributed by atoms with E-state index in [1.807, 2.05) is 6.07 Å². The van der Waals surface area contributed by atoms with Crippen LogP contribution in [-0.4, -0.2) is 21.5 Å². The van der Waals surface area contributed by atoms with Gasteiger partial charge in [0, 0.05) is 9.80 Å². The van der Waals surface area contributed by atoms with E-state index in [1.54, 1.807) is 12.1 Å². The first kappa shape index (κ1) is 13.7. The van der Waals surface area contributed by atoms with Crippen LogP contribution in [0.2, 0.25) is 0 Å². The van der Waals surface area contributed by atoms with E-state index in [9.17, 15) is 9.90 Å². The Balaban J connectivity index is 2.93. The number of alkyl halides is 1. The number of hydrogen-bond acceptors (Lipinski definition) is 2. The van der Waals surface area contributed by atoms with E-state index in [2.05, 4.69) is 31.9 Å². The zero-order valence-corrected chi connectivity index (χ0v) is 11.7. The lowest BCUT2D eigenvalue weighted by Crippen LogP contribution is -2.10. The van der Waals surface area contributed by atoms with Crippen molar-refractivity contribution in [1.29, 1.82) is 0 Å². The monoisotopic (exact) mass is 350 g/mol. The standard InChI is InChI=1S/C11H12Br2O3/c12-3-1-2-7-4-8(6-9(13)5-7)10(14)11(15)16/h4-6,10,14H,1-3H2,(H,15,16). The summed E-state index contributed by atoms with van der Waals surface area (Å²) in [6, 6.07) is 5.28. The molecule has 0 heterocycles. The Kier molecular flexibility index (Phi) is 5.44. The molecule has 0 bridgehead atoms. The molecule has 16 heavy (non-hydrogen) atoms. The van der Waals surface area contributed by atoms with Crippen molar-refractivity contribution < 1.29 is 15.0 Å². The highest BCUT2D eigenvalue weighted by Gasteiger charge is 2.16. The van der Waals surface area contributed by atoms with Crippen LogP contribution in [-0.2, 0) is 11.2 Å². The van der Waals surface area contributed by atoms with Gasteiger partial charge in [-0.25, -0.2) is 4.79 Å². The summed E-state index contributed by atoms with van der Waals surface area (Å²) in [5.74, 6) is -1.23. The average molecular weight is 352 g/mol. The highest BCUT2D eigenvalue weighted by Crippen LogP contribution is 2.22. The lowest BCUT2D eigenvalue weighted by Gasteiger charge is -2.09. The number of carboxylic acid groups (broad SMARTS) is 1. The summed E-state index contributed by atoms with van der Waals surface area (Å²) in [7, 11) is 0. The zero-order valence-electron chi connectivity index (χ0n) is 8.49. The third-order valence-electron chi connectivity index (χ3n) is 2.13. The van der Waals surface area contributed by atoms with Gasteiger partial charge >= 0.3 is 5.97 Å². The maximum atomic E-state index is 10.7. The molecule has 0 amide bonds. The molecule has 0 spiro atoms. The minimum absolute atomic E-state index is 0.409. The number of rotatable bonds is 5. The molecule has 0 saturated carbocycles. The summed E-state index contributed by atoms with van der Waals surface area (Å²) < 4.78 is 0.787. The number of aliphatic hydroxyl groups is 1. The third kappa shape index (κ3) is 3.88. The first-order valence-electron chi connectivity index (χ1n) is 4.81. The maximum absolute atomic E-state index is 10.7. The number of carbonyl (C=O) groups is 1. The van der Waals surface area contributed by atoms with Crippen molar-refractivity contribution in [3.8, 4) is 0 Å². The van der Waals surface area contributed by atoms with E-state index in [4.69, 9.17) is 5.11 Å². The fourth-order valence-electron chi connectivity index (χ4n) is 1.39. The van der Waals surface area contributed by atoms with Crippen LogP contribution in [0.25, 0.3) is 0 Å². The van der Waals surface area contributed by atoms with Crippen LogP contribution >= 0.6 is 31.9 Å². The highest BCUT2D eigenvalue weighted by atomic mass is 79.9. The SMILES string of the molecule is O=C(O)C(O)c1cc(Br)cc(CCCBr)c1. The molecule has 5 heteroatoms. The molecule has 0 saturated heterocycles. The van der Waals surface area contributed by atoms with Gasteiger partial charge in [0.05, 0.1) is 0 Å². The first-order chi connectivity index (χ1) is 7.54. The van der Waals surface area contributed by atoms with Crippen LogP contribution in [0.15, 0.2) is 22.7 Å². The van der Waals surface area contributed by atoms with Gasteiger partial charge in [0.2, 0.25) is 0 Å². The molecule has 0 fully saturated rings. The number of carboxylic acids is 1. The Morgan fingerprint density at radius 1 is 1.38 bits per heavy atom. The van der Waals surface area contributed by atoms with E-state index >= 15 is 0 Å². The van der Waals surface area contributed by atoms with E-state index in [-0.39, 0.29) is 0 Å². The number of aliphatic hydroxyl groups excluding tert-OH is 1. The average Bonchev–Trinajstić information content (AvgIpc) is 2.24. The first-order valence-corrected chi connectivity index (χ1v) is 6.72. The molecule has 2 N–H and O–H groups in total. The molecule has 3 nitrogen and oxygen atoms in total. The molecule has 88 valence electrons. The molecule has 1 rings (SSSR count). The molecule has 0 aliphatic rings. The molecule has 0 radical (unpaired) electrons. The fourth-order valence-corrected chi connectivity index (χ4v) is 2.23. The Labute approximate surface area is 111 Å². The molecule has 0 aliphatic carbocycles. The predicted molar refractivity (Wildman–Crippen MR) is 68.9 cm³/mol. The highest BCUT2D eigenvalue weighted by molar-refractivity contribution is 9.10. The molecule has 0 aliphatic heterocycles. The summed E-state index contributed by atoms with van der Waals surface area (Å²) >= 11 is 6.65. The third-order valence-corrected chi connectivity index (χ3v) is 3.15. The van der Waals surface area contributed by atoms with Gasteiger partial charge in [-0.2, -0.15) is 0 Å². The van der Waals surface area contributed by atoms with Gasteiger partial charge in [0.25, 0.3) is 0 Å². The van der Waals surface area contributed by atoms with Crippen LogP contribution in [0.3, 0.4) is 0 Å². The smallest absolute Gasteiger partial charge is 0.337 e. The molecular weight excluding hydrogens is 340 g/mol. The maximum Gasteiger partial charge on any atom is 0.337 e. The topological polar surface area (TPSA) is 57.5 Å². The molecule has 1 atom stereocenters. The minimum atomic E-state index is -1.46. The van der Waals surface area contributed by atoms with Crippen molar-refractivity contribution in [2.45, 2.75) is 18.9 Å². The summed E-state index contributed by atoms with van der Waals surface area (Å²) in [4.78, 5) is 10.7. The van der Waals surface area contributed by atoms with Crippen molar-refractivity contribution in [2.75, 3.05) is 5.33 Å². The van der Waals surface area contributed by atoms with E-state index < -0.39 is 12.1 Å². The zero-order chi connectivity index (χ0) is 12.1. The molecule has 1 aromatic carbocycles. The van der Waals surface area contributed by atoms with Crippen molar-refractivity contribution in [2.24, 2.45) is 0 Å². The van der Waals surface area contributed by atoms with Crippen LogP contribution < -0.4 is 0 Å². The molecule has 1 unspecified atom stereocenters. The van der Waals surface area contributed by atoms with Gasteiger partial charge in [-0.1, -0.05) is 37.9 Å². The number of halogens is 2. The quantitative estimate of drug-likeness (QED) is 0.802. The Hall–Kier alpha value is -0.390. The molecular formula is C11H12Br2O3. The number of aliphatic carboxylic acids is 1. The van der Waals surface area contributed by atoms with Gasteiger partial charge in [0.15, 0.2) is 6.10 Å². The summed E-state index contributed by atoms with van der Waals surface area (Å²) in [5.41, 5.74) is 1.43. The van der Waals surface area contributed by atoms with E-state index in [1.165, 1.54) is 0 Å². The van der Waals surface area contributed by atoms with E-state index in [0.717, 1.165) is 28.2 Å². The second-order valence-corrected chi connectivity index (χ2v) is 5.13. The van der Waals surface area contributed by atoms with Crippen molar-refractivity contribution in [1.82, 2.24) is 0 Å². The molecule has 0 aromatic heterocycles. The van der Waals surface area contributed by atoms with Crippen LogP contribution in [0.4, 0.5) is 0 Å². The van der Waals surface area contributed by atoms with Crippen LogP contribution in [0.5, 0.6) is 0 Å². The largest absolute Gasteiger partial charge is 0.479 e. The second kappa shape index (κ2) is 6.37. The van der Waals surface area contributed by atoms with Crippen LogP contribution in [0, 0.1) is 0 Å². The van der Waals surface area contributed by atoms with Crippen molar-refractivity contribution >= 4 is 37.8 Å². The van der Waals surface area contributed by atoms with Gasteiger partial charge in [-0.3, -0.25) is 0 Å². The summed E-state index contributed by atoms with van der Waals surface area (Å²) in [6.45, 7) is 0. The lowest BCUT2D eigenvalue weighted by molar-refractivity contribution is -0.146. The fraction of sp³-hybridized carbons (Fsp3) is 0.364. The van der Waals surface area contributed by atoms with Gasteiger partial charge in [0.1, 0.15) is 0 Å². The second-order valence-electron chi connectivity index (χ2n) is 3.43. The van der Waals surface area contributed by atoms with Gasteiger partial charge in [-0.15, -0.1) is 0 Å². The Morgan fingerprint density at radius 2 is 2.06 bits per heavy atom. The van der Waals surface area contributed by atoms with Crippen LogP contribution in [0.1, 0.15) is 23.7 Å². The predicted octanol–water partition coefficient (Wildman–Crippen LogP) is 2.89. The van der Waals surface area contributed by atoms with Crippen molar-refractivity contribution in [3.63, 3.8) is 0 Å². The normalized spacial score (nSPS) is 12.4. The summed E-state index contributed by atoms with van der Waals surface area (Å²) in [5, 5.41) is 19.1. The number of aryl methyl sites for hydroxylation is 1. The van der Waals surface area contributed by atoms with Gasteiger partial charge in [-0.05, 0) is 36.1 Å². The van der Waals surface area contributed by atoms with E-state index in [0.29, 0.717) is 5.56 Å². The van der Waals surface area contributed by atoms with Gasteiger partial charge < -0.3 is 10.2 Å². The number of benzene rings is 1. The van der Waals surface area contributed by atoms with Crippen molar-refractivity contribution in [3.05, 3.63) is 33.8 Å². The summed E-state index contributed by atoms with van der Waals surface area (Å²) in [6.07, 6.45) is 0.364. The minimum Gasteiger partial charge on any atom is -0.479 e.